The number of piperidine rings is 1. The highest BCUT2D eigenvalue weighted by molar-refractivity contribution is 5.79. The van der Waals surface area contributed by atoms with Gasteiger partial charge >= 0.3 is 0 Å². The summed E-state index contributed by atoms with van der Waals surface area (Å²) in [7, 11) is 0. The largest absolute Gasteiger partial charge is 0.550 e. The fraction of sp³-hybridized carbons (Fsp3) is 0.720. The molecular weight excluding hydrogens is 404 g/mol. The summed E-state index contributed by atoms with van der Waals surface area (Å²) in [5.74, 6) is 0.985. The first-order valence-electron chi connectivity index (χ1n) is 12.6. The average molecular weight is 443 g/mol. The van der Waals surface area contributed by atoms with Crippen molar-refractivity contribution in [2.24, 2.45) is 17.8 Å². The Balaban J connectivity index is 1.29. The van der Waals surface area contributed by atoms with E-state index in [9.17, 15) is 14.7 Å². The summed E-state index contributed by atoms with van der Waals surface area (Å²) in [6, 6.07) is 6.04. The second-order valence-electron chi connectivity index (χ2n) is 9.97. The zero-order valence-electron chi connectivity index (χ0n) is 19.2. The highest BCUT2D eigenvalue weighted by atomic mass is 16.4. The molecule has 1 amide bonds. The number of aliphatic carboxylic acids is 1. The minimum Gasteiger partial charge on any atom is -0.550 e. The van der Waals surface area contributed by atoms with Crippen molar-refractivity contribution >= 4 is 17.7 Å². The number of nitrogens with one attached hydrogen (secondary N) is 1. The van der Waals surface area contributed by atoms with Gasteiger partial charge in [-0.3, -0.25) is 4.79 Å². The van der Waals surface area contributed by atoms with Gasteiger partial charge in [-0.15, -0.1) is 0 Å². The number of piperazine rings is 1. The van der Waals surface area contributed by atoms with E-state index in [0.29, 0.717) is 12.5 Å². The Morgan fingerprint density at radius 2 is 1.81 bits per heavy atom. The van der Waals surface area contributed by atoms with E-state index in [0.717, 1.165) is 83.6 Å². The second kappa shape index (κ2) is 11.1. The molecule has 1 aliphatic carbocycles. The number of hydrogen-bond donors (Lipinski definition) is 1. The molecule has 0 aromatic carbocycles. The molecule has 1 saturated carbocycles. The molecule has 32 heavy (non-hydrogen) atoms. The predicted molar refractivity (Wildman–Crippen MR) is 121 cm³/mol. The summed E-state index contributed by atoms with van der Waals surface area (Å²) < 4.78 is 0. The van der Waals surface area contributed by atoms with E-state index in [-0.39, 0.29) is 24.2 Å². The number of carbonyl (C=O) groups excluding carboxylic acids is 2. The fourth-order valence-electron chi connectivity index (χ4n) is 5.93. The summed E-state index contributed by atoms with van der Waals surface area (Å²) in [6.45, 7) is 6.59. The van der Waals surface area contributed by atoms with E-state index in [2.05, 4.69) is 20.9 Å². The third kappa shape index (κ3) is 6.00. The first kappa shape index (κ1) is 23.0. The molecule has 0 radical (unpaired) electrons. The molecule has 0 bridgehead atoms. The average Bonchev–Trinajstić information content (AvgIpc) is 2.84. The Labute approximate surface area is 191 Å². The lowest BCUT2D eigenvalue weighted by Gasteiger charge is -2.41. The van der Waals surface area contributed by atoms with Crippen LogP contribution in [0.2, 0.25) is 0 Å². The lowest BCUT2D eigenvalue weighted by Crippen LogP contribution is -3.15. The molecule has 3 fully saturated rings. The SMILES string of the molecule is O=C([O-])C[C@@H]1CCN(C(=O)C2CCCCC2)C[C@@H]1CC[NH+]1CCN(c2ccccn2)CC1. The van der Waals surface area contributed by atoms with E-state index in [1.54, 1.807) is 4.90 Å². The Morgan fingerprint density at radius 3 is 2.50 bits per heavy atom. The first-order valence-corrected chi connectivity index (χ1v) is 12.6. The van der Waals surface area contributed by atoms with Crippen LogP contribution in [-0.2, 0) is 9.59 Å². The number of carbonyl (C=O) groups is 2. The maximum absolute atomic E-state index is 13.1. The highest BCUT2D eigenvalue weighted by Crippen LogP contribution is 2.32. The maximum Gasteiger partial charge on any atom is 0.225 e. The third-order valence-electron chi connectivity index (χ3n) is 7.90. The predicted octanol–water partition coefficient (Wildman–Crippen LogP) is 0.362. The lowest BCUT2D eigenvalue weighted by atomic mass is 9.80. The number of amides is 1. The van der Waals surface area contributed by atoms with Crippen molar-refractivity contribution in [2.75, 3.05) is 50.7 Å². The topological polar surface area (TPSA) is 81.0 Å². The summed E-state index contributed by atoms with van der Waals surface area (Å²) in [6.07, 6.45) is 9.35. The van der Waals surface area contributed by atoms with Crippen LogP contribution in [-0.4, -0.2) is 67.6 Å². The molecule has 1 aromatic heterocycles. The summed E-state index contributed by atoms with van der Waals surface area (Å²) >= 11 is 0. The second-order valence-corrected chi connectivity index (χ2v) is 9.97. The van der Waals surface area contributed by atoms with Crippen LogP contribution in [0.4, 0.5) is 5.82 Å². The van der Waals surface area contributed by atoms with Gasteiger partial charge < -0.3 is 24.6 Å². The minimum atomic E-state index is -0.955. The molecule has 2 atom stereocenters. The van der Waals surface area contributed by atoms with Gasteiger partial charge in [-0.2, -0.15) is 0 Å². The molecule has 4 rings (SSSR count). The number of carboxylic acid groups (broad SMARTS) is 1. The van der Waals surface area contributed by atoms with Gasteiger partial charge in [-0.1, -0.05) is 25.3 Å². The molecule has 2 aliphatic heterocycles. The molecule has 2 saturated heterocycles. The van der Waals surface area contributed by atoms with Crippen LogP contribution in [0.15, 0.2) is 24.4 Å². The van der Waals surface area contributed by atoms with Crippen LogP contribution in [0.5, 0.6) is 0 Å². The minimum absolute atomic E-state index is 0.124. The molecule has 176 valence electrons. The van der Waals surface area contributed by atoms with Gasteiger partial charge in [-0.25, -0.2) is 4.98 Å². The van der Waals surface area contributed by atoms with Gasteiger partial charge in [0.05, 0.1) is 32.7 Å². The van der Waals surface area contributed by atoms with E-state index >= 15 is 0 Å². The number of quaternary nitrogens is 1. The molecule has 1 aromatic rings. The number of likely N-dealkylation sites (tertiary alicyclic amines) is 1. The van der Waals surface area contributed by atoms with Crippen LogP contribution in [0.1, 0.15) is 51.4 Å². The van der Waals surface area contributed by atoms with Gasteiger partial charge in [0, 0.05) is 37.6 Å². The summed E-state index contributed by atoms with van der Waals surface area (Å²) in [4.78, 5) is 34.9. The Bertz CT molecular complexity index is 745. The summed E-state index contributed by atoms with van der Waals surface area (Å²) in [5, 5.41) is 11.3. The number of aromatic nitrogens is 1. The highest BCUT2D eigenvalue weighted by Gasteiger charge is 2.35. The quantitative estimate of drug-likeness (QED) is 0.660. The Hall–Kier alpha value is -2.15. The van der Waals surface area contributed by atoms with E-state index in [1.165, 1.54) is 6.42 Å². The standard InChI is InChI=1S/C25H38N4O3/c30-24(31)18-21-10-13-29(25(32)20-6-2-1-3-7-20)19-22(21)9-12-27-14-16-28(17-15-27)23-8-4-5-11-26-23/h4-5,8,11,20-22H,1-3,6-7,9-10,12-19H2,(H,30,31)/t21-,22-/m0/s1. The smallest absolute Gasteiger partial charge is 0.225 e. The fourth-order valence-corrected chi connectivity index (χ4v) is 5.93. The van der Waals surface area contributed by atoms with Crippen LogP contribution >= 0.6 is 0 Å². The molecule has 0 spiro atoms. The number of pyridine rings is 1. The van der Waals surface area contributed by atoms with Crippen molar-refractivity contribution in [2.45, 2.75) is 51.4 Å². The normalized spacial score (nSPS) is 25.6. The van der Waals surface area contributed by atoms with Crippen molar-refractivity contribution in [3.8, 4) is 0 Å². The van der Waals surface area contributed by atoms with Crippen molar-refractivity contribution < 1.29 is 19.6 Å². The van der Waals surface area contributed by atoms with E-state index in [1.807, 2.05) is 18.3 Å². The van der Waals surface area contributed by atoms with Crippen LogP contribution in [0.3, 0.4) is 0 Å². The molecular formula is C25H38N4O3. The number of hydrogen-bond acceptors (Lipinski definition) is 5. The Morgan fingerprint density at radius 1 is 1.03 bits per heavy atom. The molecule has 7 nitrogen and oxygen atoms in total. The van der Waals surface area contributed by atoms with Crippen LogP contribution in [0, 0.1) is 17.8 Å². The van der Waals surface area contributed by atoms with Gasteiger partial charge in [0.1, 0.15) is 5.82 Å². The van der Waals surface area contributed by atoms with Crippen molar-refractivity contribution in [3.05, 3.63) is 24.4 Å². The van der Waals surface area contributed by atoms with E-state index in [4.69, 9.17) is 0 Å². The first-order chi connectivity index (χ1) is 15.6. The molecule has 3 heterocycles. The molecule has 3 aliphatic rings. The van der Waals surface area contributed by atoms with Gasteiger partial charge in [0.25, 0.3) is 0 Å². The van der Waals surface area contributed by atoms with Crippen molar-refractivity contribution in [1.82, 2.24) is 9.88 Å². The lowest BCUT2D eigenvalue weighted by molar-refractivity contribution is -0.901. The van der Waals surface area contributed by atoms with Crippen molar-refractivity contribution in [1.29, 1.82) is 0 Å². The summed E-state index contributed by atoms with van der Waals surface area (Å²) in [5.41, 5.74) is 0. The monoisotopic (exact) mass is 442 g/mol. The van der Waals surface area contributed by atoms with Gasteiger partial charge in [-0.05, 0) is 49.7 Å². The number of rotatable bonds is 7. The molecule has 7 heteroatoms. The van der Waals surface area contributed by atoms with Gasteiger partial charge in [0.15, 0.2) is 0 Å². The number of carboxylic acids is 1. The van der Waals surface area contributed by atoms with Crippen molar-refractivity contribution in [3.63, 3.8) is 0 Å². The molecule has 0 unspecified atom stereocenters. The van der Waals surface area contributed by atoms with Crippen LogP contribution < -0.4 is 14.9 Å². The van der Waals surface area contributed by atoms with E-state index < -0.39 is 5.97 Å². The van der Waals surface area contributed by atoms with Gasteiger partial charge in [0.2, 0.25) is 5.91 Å². The number of nitrogens with zero attached hydrogens (tertiary/aromatic N) is 3. The zero-order chi connectivity index (χ0) is 22.3. The zero-order valence-corrected chi connectivity index (χ0v) is 19.2. The maximum atomic E-state index is 13.1. The molecule has 1 N–H and O–H groups in total. The Kier molecular flexibility index (Phi) is 8.00. The number of anilines is 1. The van der Waals surface area contributed by atoms with Crippen LogP contribution in [0.25, 0.3) is 0 Å². The third-order valence-corrected chi connectivity index (χ3v) is 7.90.